The van der Waals surface area contributed by atoms with Crippen molar-refractivity contribution in [1.82, 2.24) is 9.78 Å². The number of rotatable bonds is 7. The molecule has 0 saturated heterocycles. The third kappa shape index (κ3) is 5.21. The minimum atomic E-state index is -0.432. The maximum atomic E-state index is 14.2. The van der Waals surface area contributed by atoms with Gasteiger partial charge in [0.05, 0.1) is 23.6 Å². The van der Waals surface area contributed by atoms with Crippen molar-refractivity contribution in [2.45, 2.75) is 27.0 Å². The number of carbonyl (C=O) groups is 1. The van der Waals surface area contributed by atoms with E-state index in [0.717, 1.165) is 0 Å². The molecule has 4 aromatic rings. The lowest BCUT2D eigenvalue weighted by Gasteiger charge is -2.09. The van der Waals surface area contributed by atoms with E-state index in [9.17, 15) is 9.18 Å². The molecule has 2 aromatic carbocycles. The van der Waals surface area contributed by atoms with Gasteiger partial charge in [0.15, 0.2) is 5.76 Å². The van der Waals surface area contributed by atoms with E-state index in [1.807, 2.05) is 0 Å². The van der Waals surface area contributed by atoms with Crippen LogP contribution in [0.15, 0.2) is 59.0 Å². The first kappa shape index (κ1) is 22.9. The SMILES string of the molecule is Cc1nn(Cc2c(F)cccc2Cl)c(C)c1NC(=O)c1ccc(COc2cccc(Cl)c2)o1. The predicted molar refractivity (Wildman–Crippen MR) is 125 cm³/mol. The molecule has 0 spiro atoms. The van der Waals surface area contributed by atoms with Crippen molar-refractivity contribution in [1.29, 1.82) is 0 Å². The van der Waals surface area contributed by atoms with Crippen LogP contribution in [-0.2, 0) is 13.2 Å². The van der Waals surface area contributed by atoms with Crippen molar-refractivity contribution < 1.29 is 18.3 Å². The Morgan fingerprint density at radius 3 is 2.70 bits per heavy atom. The summed E-state index contributed by atoms with van der Waals surface area (Å²) in [7, 11) is 0. The normalized spacial score (nSPS) is 10.9. The summed E-state index contributed by atoms with van der Waals surface area (Å²) in [5, 5.41) is 8.13. The van der Waals surface area contributed by atoms with E-state index in [1.54, 1.807) is 67.1 Å². The number of anilines is 1. The van der Waals surface area contributed by atoms with Gasteiger partial charge in [0, 0.05) is 15.6 Å². The second-order valence-corrected chi connectivity index (χ2v) is 8.21. The van der Waals surface area contributed by atoms with Gasteiger partial charge in [-0.25, -0.2) is 4.39 Å². The zero-order valence-electron chi connectivity index (χ0n) is 17.9. The van der Waals surface area contributed by atoms with Crippen LogP contribution in [0.3, 0.4) is 0 Å². The molecule has 33 heavy (non-hydrogen) atoms. The fourth-order valence-corrected chi connectivity index (χ4v) is 3.73. The molecule has 9 heteroatoms. The van der Waals surface area contributed by atoms with Crippen LogP contribution in [0.25, 0.3) is 0 Å². The Labute approximate surface area is 199 Å². The fourth-order valence-electron chi connectivity index (χ4n) is 3.33. The number of aromatic nitrogens is 2. The largest absolute Gasteiger partial charge is 0.486 e. The molecule has 0 aliphatic heterocycles. The highest BCUT2D eigenvalue weighted by Crippen LogP contribution is 2.25. The number of carbonyl (C=O) groups excluding carboxylic acids is 1. The van der Waals surface area contributed by atoms with Gasteiger partial charge in [-0.1, -0.05) is 35.3 Å². The van der Waals surface area contributed by atoms with Gasteiger partial charge in [0.2, 0.25) is 0 Å². The molecule has 0 fully saturated rings. The van der Waals surface area contributed by atoms with Crippen LogP contribution < -0.4 is 10.1 Å². The first-order chi connectivity index (χ1) is 15.8. The van der Waals surface area contributed by atoms with Crippen molar-refractivity contribution in [3.05, 3.63) is 98.9 Å². The first-order valence-corrected chi connectivity index (χ1v) is 10.8. The standard InChI is InChI=1S/C24H20Cl2FN3O3/c1-14-23(15(2)30(29-14)12-19-20(26)7-4-8-21(19)27)28-24(31)22-10-9-18(33-22)13-32-17-6-3-5-16(25)11-17/h3-11H,12-13H2,1-2H3,(H,28,31). The zero-order chi connectivity index (χ0) is 23.5. The highest BCUT2D eigenvalue weighted by molar-refractivity contribution is 6.31. The van der Waals surface area contributed by atoms with Gasteiger partial charge in [-0.3, -0.25) is 9.48 Å². The second kappa shape index (κ2) is 9.68. The number of nitrogens with one attached hydrogen (secondary N) is 1. The van der Waals surface area contributed by atoms with Gasteiger partial charge >= 0.3 is 0 Å². The summed E-state index contributed by atoms with van der Waals surface area (Å²) >= 11 is 12.1. The number of nitrogens with zero attached hydrogens (tertiary/aromatic N) is 2. The van der Waals surface area contributed by atoms with Crippen molar-refractivity contribution in [2.24, 2.45) is 0 Å². The molecule has 1 N–H and O–H groups in total. The summed E-state index contributed by atoms with van der Waals surface area (Å²) in [6, 6.07) is 14.8. The minimum Gasteiger partial charge on any atom is -0.486 e. The van der Waals surface area contributed by atoms with E-state index in [-0.39, 0.29) is 18.9 Å². The zero-order valence-corrected chi connectivity index (χ0v) is 19.4. The minimum absolute atomic E-state index is 0.128. The summed E-state index contributed by atoms with van der Waals surface area (Å²) in [4.78, 5) is 12.7. The Bertz CT molecular complexity index is 1300. The van der Waals surface area contributed by atoms with Crippen LogP contribution in [0, 0.1) is 19.7 Å². The lowest BCUT2D eigenvalue weighted by atomic mass is 10.2. The first-order valence-electron chi connectivity index (χ1n) is 10.1. The van der Waals surface area contributed by atoms with Crippen molar-refractivity contribution in [2.75, 3.05) is 5.32 Å². The molecule has 0 saturated carbocycles. The van der Waals surface area contributed by atoms with Gasteiger partial charge in [-0.2, -0.15) is 5.10 Å². The van der Waals surface area contributed by atoms with Crippen LogP contribution in [0.5, 0.6) is 5.75 Å². The van der Waals surface area contributed by atoms with Gasteiger partial charge in [0.25, 0.3) is 5.91 Å². The maximum Gasteiger partial charge on any atom is 0.291 e. The van der Waals surface area contributed by atoms with Crippen molar-refractivity contribution in [3.63, 3.8) is 0 Å². The number of amides is 1. The topological polar surface area (TPSA) is 69.3 Å². The highest BCUT2D eigenvalue weighted by Gasteiger charge is 2.19. The number of benzene rings is 2. The average Bonchev–Trinajstić information content (AvgIpc) is 3.35. The van der Waals surface area contributed by atoms with Crippen LogP contribution in [-0.4, -0.2) is 15.7 Å². The van der Waals surface area contributed by atoms with E-state index in [1.165, 1.54) is 6.07 Å². The molecule has 4 rings (SSSR count). The van der Waals surface area contributed by atoms with E-state index in [0.29, 0.717) is 44.2 Å². The molecule has 0 bridgehead atoms. The maximum absolute atomic E-state index is 14.2. The van der Waals surface area contributed by atoms with Gasteiger partial charge < -0.3 is 14.5 Å². The van der Waals surface area contributed by atoms with Crippen molar-refractivity contribution >= 4 is 34.8 Å². The Hall–Kier alpha value is -3.29. The molecular weight excluding hydrogens is 468 g/mol. The smallest absolute Gasteiger partial charge is 0.291 e. The van der Waals surface area contributed by atoms with Gasteiger partial charge in [-0.15, -0.1) is 0 Å². The molecule has 6 nitrogen and oxygen atoms in total. The summed E-state index contributed by atoms with van der Waals surface area (Å²) in [5.74, 6) is 0.364. The van der Waals surface area contributed by atoms with Gasteiger partial charge in [0.1, 0.15) is 23.9 Å². The molecule has 0 radical (unpaired) electrons. The van der Waals surface area contributed by atoms with Crippen LogP contribution in [0.1, 0.15) is 33.3 Å². The number of furan rings is 1. The predicted octanol–water partition coefficient (Wildman–Crippen LogP) is 6.42. The lowest BCUT2D eigenvalue weighted by molar-refractivity contribution is 0.0992. The molecular formula is C24H20Cl2FN3O3. The summed E-state index contributed by atoms with van der Waals surface area (Å²) in [6.07, 6.45) is 0. The molecule has 1 amide bonds. The summed E-state index contributed by atoms with van der Waals surface area (Å²) in [5.41, 5.74) is 2.11. The van der Waals surface area contributed by atoms with E-state index < -0.39 is 11.7 Å². The van der Waals surface area contributed by atoms with E-state index in [4.69, 9.17) is 32.4 Å². The Kier molecular flexibility index (Phi) is 6.72. The third-order valence-corrected chi connectivity index (χ3v) is 5.64. The number of halogens is 3. The van der Waals surface area contributed by atoms with Crippen LogP contribution >= 0.6 is 23.2 Å². The molecule has 2 aromatic heterocycles. The van der Waals surface area contributed by atoms with E-state index in [2.05, 4.69) is 10.4 Å². The second-order valence-electron chi connectivity index (χ2n) is 7.37. The molecule has 0 unspecified atom stereocenters. The number of aryl methyl sites for hydroxylation is 1. The molecule has 2 heterocycles. The Morgan fingerprint density at radius 2 is 1.94 bits per heavy atom. The monoisotopic (exact) mass is 487 g/mol. The number of hydrogen-bond donors (Lipinski definition) is 1. The van der Waals surface area contributed by atoms with Crippen LogP contribution in [0.2, 0.25) is 10.0 Å². The summed E-state index contributed by atoms with van der Waals surface area (Å²) in [6.45, 7) is 3.83. The highest BCUT2D eigenvalue weighted by atomic mass is 35.5. The lowest BCUT2D eigenvalue weighted by Crippen LogP contribution is -2.13. The van der Waals surface area contributed by atoms with Gasteiger partial charge in [-0.05, 0) is 56.3 Å². The summed E-state index contributed by atoms with van der Waals surface area (Å²) < 4.78 is 27.0. The number of hydrogen-bond acceptors (Lipinski definition) is 4. The molecule has 170 valence electrons. The van der Waals surface area contributed by atoms with Crippen molar-refractivity contribution in [3.8, 4) is 5.75 Å². The third-order valence-electron chi connectivity index (χ3n) is 5.05. The average molecular weight is 488 g/mol. The Morgan fingerprint density at radius 1 is 1.15 bits per heavy atom. The van der Waals surface area contributed by atoms with Crippen LogP contribution in [0.4, 0.5) is 10.1 Å². The number of ether oxygens (including phenoxy) is 1. The quantitative estimate of drug-likeness (QED) is 0.326. The Balaban J connectivity index is 1.45. The van der Waals surface area contributed by atoms with E-state index >= 15 is 0 Å². The molecule has 0 atom stereocenters. The molecule has 0 aliphatic carbocycles. The molecule has 0 aliphatic rings. The fraction of sp³-hybridized carbons (Fsp3) is 0.167.